The van der Waals surface area contributed by atoms with Crippen molar-refractivity contribution in [2.45, 2.75) is 13.2 Å². The van der Waals surface area contributed by atoms with E-state index in [2.05, 4.69) is 34.1 Å². The van der Waals surface area contributed by atoms with Gasteiger partial charge in [-0.1, -0.05) is 48.0 Å². The summed E-state index contributed by atoms with van der Waals surface area (Å²) in [5.74, 6) is 0. The van der Waals surface area contributed by atoms with E-state index in [1.165, 1.54) is 11.3 Å². The average Bonchev–Trinajstić information content (AvgIpc) is 2.55. The van der Waals surface area contributed by atoms with Crippen molar-refractivity contribution in [2.75, 3.05) is 31.1 Å². The zero-order chi connectivity index (χ0) is 15.5. The quantitative estimate of drug-likeness (QED) is 0.939. The van der Waals surface area contributed by atoms with E-state index in [-0.39, 0.29) is 6.23 Å². The molecule has 0 amide bonds. The Hall–Kier alpha value is -1.55. The Bertz CT molecular complexity index is 636. The Labute approximate surface area is 136 Å². The van der Waals surface area contributed by atoms with Gasteiger partial charge in [0.1, 0.15) is 6.23 Å². The van der Waals surface area contributed by atoms with Gasteiger partial charge in [0.15, 0.2) is 0 Å². The van der Waals surface area contributed by atoms with Crippen LogP contribution in [0.2, 0.25) is 5.02 Å². The number of piperazine rings is 1. The molecular weight excluding hydrogens is 296 g/mol. The molecule has 0 saturated carbocycles. The van der Waals surface area contributed by atoms with Crippen LogP contribution in [-0.2, 0) is 0 Å². The fraction of sp³-hybridized carbons (Fsp3) is 0.333. The van der Waals surface area contributed by atoms with Crippen molar-refractivity contribution < 1.29 is 5.11 Å². The van der Waals surface area contributed by atoms with Gasteiger partial charge in [-0.2, -0.15) is 0 Å². The Morgan fingerprint density at radius 3 is 2.14 bits per heavy atom. The summed E-state index contributed by atoms with van der Waals surface area (Å²) in [6, 6.07) is 16.4. The second-order valence-corrected chi connectivity index (χ2v) is 6.06. The number of halogens is 1. The molecule has 4 heteroatoms. The van der Waals surface area contributed by atoms with Gasteiger partial charge < -0.3 is 10.0 Å². The first kappa shape index (κ1) is 15.3. The molecule has 3 nitrogen and oxygen atoms in total. The fourth-order valence-electron chi connectivity index (χ4n) is 2.99. The van der Waals surface area contributed by atoms with Crippen molar-refractivity contribution in [1.29, 1.82) is 0 Å². The summed E-state index contributed by atoms with van der Waals surface area (Å²) in [6.45, 7) is 5.38. The van der Waals surface area contributed by atoms with Crippen molar-refractivity contribution in [3.63, 3.8) is 0 Å². The van der Waals surface area contributed by atoms with Gasteiger partial charge in [0.25, 0.3) is 0 Å². The number of rotatable bonds is 3. The molecule has 1 aliphatic rings. The van der Waals surface area contributed by atoms with Gasteiger partial charge in [0, 0.05) is 48.0 Å². The van der Waals surface area contributed by atoms with E-state index in [4.69, 9.17) is 11.6 Å². The third-order valence-corrected chi connectivity index (χ3v) is 4.58. The van der Waals surface area contributed by atoms with E-state index in [0.29, 0.717) is 0 Å². The first-order chi connectivity index (χ1) is 10.7. The zero-order valence-electron chi connectivity index (χ0n) is 12.7. The Morgan fingerprint density at radius 1 is 0.909 bits per heavy atom. The van der Waals surface area contributed by atoms with Crippen LogP contribution in [0.3, 0.4) is 0 Å². The van der Waals surface area contributed by atoms with E-state index in [0.717, 1.165) is 36.8 Å². The van der Waals surface area contributed by atoms with Crippen LogP contribution in [-0.4, -0.2) is 42.4 Å². The lowest BCUT2D eigenvalue weighted by molar-refractivity contribution is 0.0153. The van der Waals surface area contributed by atoms with Crippen molar-refractivity contribution in [2.24, 2.45) is 0 Å². The molecule has 2 aromatic carbocycles. The maximum absolute atomic E-state index is 9.69. The Kier molecular flexibility index (Phi) is 4.67. The lowest BCUT2D eigenvalue weighted by atomic mass is 10.0. The van der Waals surface area contributed by atoms with Crippen molar-refractivity contribution in [3.8, 4) is 11.1 Å². The van der Waals surface area contributed by atoms with Gasteiger partial charge in [0.05, 0.1) is 0 Å². The molecule has 2 aromatic rings. The number of para-hydroxylation sites is 1. The molecule has 1 N–H and O–H groups in total. The minimum absolute atomic E-state index is 0.374. The van der Waals surface area contributed by atoms with E-state index in [1.54, 1.807) is 0 Å². The van der Waals surface area contributed by atoms with Gasteiger partial charge in [-0.3, -0.25) is 4.90 Å². The maximum Gasteiger partial charge on any atom is 0.104 e. The number of anilines is 1. The molecule has 0 radical (unpaired) electrons. The lowest BCUT2D eigenvalue weighted by Gasteiger charge is -2.38. The van der Waals surface area contributed by atoms with Crippen LogP contribution in [0.15, 0.2) is 48.5 Å². The summed E-state index contributed by atoms with van der Waals surface area (Å²) in [7, 11) is 0. The van der Waals surface area contributed by atoms with Crippen LogP contribution in [0.4, 0.5) is 5.69 Å². The highest BCUT2D eigenvalue weighted by Gasteiger charge is 2.21. The molecule has 1 atom stereocenters. The van der Waals surface area contributed by atoms with Gasteiger partial charge in [-0.15, -0.1) is 0 Å². The molecule has 3 rings (SSSR count). The van der Waals surface area contributed by atoms with E-state index >= 15 is 0 Å². The van der Waals surface area contributed by atoms with Crippen LogP contribution in [0.1, 0.15) is 6.92 Å². The number of aliphatic hydroxyl groups is 1. The highest BCUT2D eigenvalue weighted by Crippen LogP contribution is 2.35. The summed E-state index contributed by atoms with van der Waals surface area (Å²) < 4.78 is 0. The largest absolute Gasteiger partial charge is 0.379 e. The first-order valence-corrected chi connectivity index (χ1v) is 8.05. The maximum atomic E-state index is 9.69. The standard InChI is InChI=1S/C18H21ClN2O/c1-14(22)20-10-12-21(13-11-20)18-9-5-3-7-16(18)15-6-2-4-8-17(15)19/h2-9,14,22H,10-13H2,1H3. The zero-order valence-corrected chi connectivity index (χ0v) is 13.5. The predicted molar refractivity (Wildman–Crippen MR) is 92.4 cm³/mol. The molecule has 22 heavy (non-hydrogen) atoms. The third kappa shape index (κ3) is 3.12. The normalized spacial score (nSPS) is 17.5. The highest BCUT2D eigenvalue weighted by molar-refractivity contribution is 6.33. The molecule has 1 aliphatic heterocycles. The van der Waals surface area contributed by atoms with E-state index in [1.807, 2.05) is 31.2 Å². The molecule has 0 spiro atoms. The molecule has 0 aromatic heterocycles. The minimum Gasteiger partial charge on any atom is -0.379 e. The molecule has 1 fully saturated rings. The van der Waals surface area contributed by atoms with Gasteiger partial charge in [-0.05, 0) is 19.1 Å². The minimum atomic E-state index is -0.374. The third-order valence-electron chi connectivity index (χ3n) is 4.25. The molecule has 1 heterocycles. The van der Waals surface area contributed by atoms with Crippen molar-refractivity contribution >= 4 is 17.3 Å². The van der Waals surface area contributed by atoms with Crippen molar-refractivity contribution in [1.82, 2.24) is 4.90 Å². The van der Waals surface area contributed by atoms with Crippen molar-refractivity contribution in [3.05, 3.63) is 53.6 Å². The van der Waals surface area contributed by atoms with E-state index < -0.39 is 0 Å². The monoisotopic (exact) mass is 316 g/mol. The summed E-state index contributed by atoms with van der Waals surface area (Å²) in [6.07, 6.45) is -0.374. The second-order valence-electron chi connectivity index (χ2n) is 5.65. The topological polar surface area (TPSA) is 26.7 Å². The van der Waals surface area contributed by atoms with Crippen LogP contribution >= 0.6 is 11.6 Å². The van der Waals surface area contributed by atoms with E-state index in [9.17, 15) is 5.11 Å². The number of aliphatic hydroxyl groups excluding tert-OH is 1. The number of hydrogen-bond donors (Lipinski definition) is 1. The number of hydrogen-bond acceptors (Lipinski definition) is 3. The second kappa shape index (κ2) is 6.69. The fourth-order valence-corrected chi connectivity index (χ4v) is 3.23. The summed E-state index contributed by atoms with van der Waals surface area (Å²) in [4.78, 5) is 4.46. The summed E-state index contributed by atoms with van der Waals surface area (Å²) in [5.41, 5.74) is 3.44. The molecular formula is C18H21ClN2O. The van der Waals surface area contributed by atoms with Crippen LogP contribution in [0.25, 0.3) is 11.1 Å². The number of nitrogens with zero attached hydrogens (tertiary/aromatic N) is 2. The highest BCUT2D eigenvalue weighted by atomic mass is 35.5. The Balaban J connectivity index is 1.89. The molecule has 1 unspecified atom stereocenters. The molecule has 0 aliphatic carbocycles. The SMILES string of the molecule is CC(O)N1CCN(c2ccccc2-c2ccccc2Cl)CC1. The van der Waals surface area contributed by atoms with Crippen LogP contribution in [0, 0.1) is 0 Å². The first-order valence-electron chi connectivity index (χ1n) is 7.68. The van der Waals surface area contributed by atoms with Crippen LogP contribution in [0.5, 0.6) is 0 Å². The molecule has 0 bridgehead atoms. The smallest absolute Gasteiger partial charge is 0.104 e. The Morgan fingerprint density at radius 2 is 1.50 bits per heavy atom. The molecule has 1 saturated heterocycles. The van der Waals surface area contributed by atoms with Gasteiger partial charge >= 0.3 is 0 Å². The predicted octanol–water partition coefficient (Wildman–Crippen LogP) is 3.47. The molecule has 116 valence electrons. The van der Waals surface area contributed by atoms with Gasteiger partial charge in [-0.25, -0.2) is 0 Å². The summed E-state index contributed by atoms with van der Waals surface area (Å²) >= 11 is 6.37. The number of benzene rings is 2. The lowest BCUT2D eigenvalue weighted by Crippen LogP contribution is -2.49. The summed E-state index contributed by atoms with van der Waals surface area (Å²) in [5, 5.41) is 10.5. The van der Waals surface area contributed by atoms with Crippen LogP contribution < -0.4 is 4.90 Å². The van der Waals surface area contributed by atoms with Gasteiger partial charge in [0.2, 0.25) is 0 Å². The average molecular weight is 317 g/mol.